The van der Waals surface area contributed by atoms with E-state index >= 15 is 0 Å². The van der Waals surface area contributed by atoms with Crippen LogP contribution in [0.4, 0.5) is 0 Å². The predicted molar refractivity (Wildman–Crippen MR) is 114 cm³/mol. The molecule has 1 aromatic rings. The normalized spacial score (nSPS) is 17.7. The van der Waals surface area contributed by atoms with Crippen molar-refractivity contribution in [3.8, 4) is 0 Å². The van der Waals surface area contributed by atoms with Gasteiger partial charge in [-0.05, 0) is 37.3 Å². The maximum absolute atomic E-state index is 4.34. The van der Waals surface area contributed by atoms with E-state index in [0.29, 0.717) is 18.0 Å². The Hall–Kier alpha value is -0.820. The summed E-state index contributed by atoms with van der Waals surface area (Å²) in [5.41, 5.74) is 2.98. The first-order chi connectivity index (χ1) is 11.0. The van der Waals surface area contributed by atoms with Crippen LogP contribution in [0.15, 0.2) is 29.3 Å². The molecule has 0 bridgehead atoms. The Morgan fingerprint density at radius 2 is 1.83 bits per heavy atom. The minimum Gasteiger partial charge on any atom is -0.355 e. The SMILES string of the molecule is CN=C(NCC(C)N1CCc2ccccc2C1)NC(C)C(C)C.I. The van der Waals surface area contributed by atoms with E-state index in [1.807, 2.05) is 7.05 Å². The molecule has 0 aromatic heterocycles. The molecule has 1 heterocycles. The van der Waals surface area contributed by atoms with Gasteiger partial charge in [0.2, 0.25) is 0 Å². The average molecular weight is 444 g/mol. The summed E-state index contributed by atoms with van der Waals surface area (Å²) in [6.07, 6.45) is 1.15. The van der Waals surface area contributed by atoms with Crippen molar-refractivity contribution in [2.45, 2.75) is 52.7 Å². The van der Waals surface area contributed by atoms with Crippen LogP contribution in [0.1, 0.15) is 38.8 Å². The highest BCUT2D eigenvalue weighted by Gasteiger charge is 2.20. The quantitative estimate of drug-likeness (QED) is 0.416. The van der Waals surface area contributed by atoms with Gasteiger partial charge in [-0.2, -0.15) is 0 Å². The Kier molecular flexibility index (Phi) is 9.05. The molecular formula is C19H33IN4. The number of guanidine groups is 1. The fourth-order valence-corrected chi connectivity index (χ4v) is 2.84. The molecule has 24 heavy (non-hydrogen) atoms. The van der Waals surface area contributed by atoms with Crippen LogP contribution in [0.3, 0.4) is 0 Å². The van der Waals surface area contributed by atoms with Crippen molar-refractivity contribution in [3.63, 3.8) is 0 Å². The molecule has 2 rings (SSSR count). The number of nitrogens with one attached hydrogen (secondary N) is 2. The van der Waals surface area contributed by atoms with Gasteiger partial charge in [-0.25, -0.2) is 0 Å². The maximum Gasteiger partial charge on any atom is 0.191 e. The Morgan fingerprint density at radius 3 is 2.46 bits per heavy atom. The molecule has 4 nitrogen and oxygen atoms in total. The zero-order valence-corrected chi connectivity index (χ0v) is 18.0. The molecule has 5 heteroatoms. The van der Waals surface area contributed by atoms with Crippen molar-refractivity contribution in [1.29, 1.82) is 0 Å². The molecule has 1 aliphatic heterocycles. The maximum atomic E-state index is 4.34. The number of benzene rings is 1. The fourth-order valence-electron chi connectivity index (χ4n) is 2.84. The molecule has 2 N–H and O–H groups in total. The van der Waals surface area contributed by atoms with Gasteiger partial charge in [0.15, 0.2) is 5.96 Å². The zero-order valence-electron chi connectivity index (χ0n) is 15.7. The van der Waals surface area contributed by atoms with Gasteiger partial charge >= 0.3 is 0 Å². The zero-order chi connectivity index (χ0) is 16.8. The minimum absolute atomic E-state index is 0. The third-order valence-corrected chi connectivity index (χ3v) is 4.94. The number of aliphatic imine (C=N–C) groups is 1. The molecule has 0 radical (unpaired) electrons. The van der Waals surface area contributed by atoms with E-state index in [-0.39, 0.29) is 24.0 Å². The number of hydrogen-bond donors (Lipinski definition) is 2. The number of halogens is 1. The van der Waals surface area contributed by atoms with Crippen LogP contribution in [0.5, 0.6) is 0 Å². The van der Waals surface area contributed by atoms with Crippen LogP contribution < -0.4 is 10.6 Å². The van der Waals surface area contributed by atoms with E-state index in [2.05, 4.69) is 72.5 Å². The Bertz CT molecular complexity index is 530. The highest BCUT2D eigenvalue weighted by atomic mass is 127. The standard InChI is InChI=1S/C19H32N4.HI/c1-14(2)16(4)22-19(20-5)21-12-15(3)23-11-10-17-8-6-7-9-18(17)13-23;/h6-9,14-16H,10-13H2,1-5H3,(H2,20,21,22);1H. The van der Waals surface area contributed by atoms with Gasteiger partial charge in [0, 0.05) is 38.8 Å². The summed E-state index contributed by atoms with van der Waals surface area (Å²) < 4.78 is 0. The fraction of sp³-hybridized carbons (Fsp3) is 0.632. The lowest BCUT2D eigenvalue weighted by atomic mass is 9.99. The molecule has 1 aromatic carbocycles. The molecule has 2 atom stereocenters. The van der Waals surface area contributed by atoms with Gasteiger partial charge in [0.25, 0.3) is 0 Å². The summed E-state index contributed by atoms with van der Waals surface area (Å²) in [5.74, 6) is 1.49. The van der Waals surface area contributed by atoms with Crippen molar-refractivity contribution in [1.82, 2.24) is 15.5 Å². The first kappa shape index (κ1) is 21.2. The Labute approximate surface area is 164 Å². The van der Waals surface area contributed by atoms with E-state index in [4.69, 9.17) is 0 Å². The smallest absolute Gasteiger partial charge is 0.191 e. The van der Waals surface area contributed by atoms with Gasteiger partial charge in [-0.1, -0.05) is 38.1 Å². The van der Waals surface area contributed by atoms with Crippen molar-refractivity contribution in [3.05, 3.63) is 35.4 Å². The second-order valence-corrected chi connectivity index (χ2v) is 6.97. The van der Waals surface area contributed by atoms with Crippen LogP contribution in [-0.2, 0) is 13.0 Å². The van der Waals surface area contributed by atoms with Crippen LogP contribution in [-0.4, -0.2) is 43.1 Å². The van der Waals surface area contributed by atoms with Crippen LogP contribution in [0, 0.1) is 5.92 Å². The van der Waals surface area contributed by atoms with Gasteiger partial charge in [-0.15, -0.1) is 24.0 Å². The molecule has 0 fully saturated rings. The summed E-state index contributed by atoms with van der Waals surface area (Å²) in [7, 11) is 1.84. The largest absolute Gasteiger partial charge is 0.355 e. The lowest BCUT2D eigenvalue weighted by Gasteiger charge is -2.34. The van der Waals surface area contributed by atoms with Gasteiger partial charge < -0.3 is 10.6 Å². The molecule has 0 aliphatic carbocycles. The Balaban J connectivity index is 0.00000288. The van der Waals surface area contributed by atoms with Crippen LogP contribution in [0.2, 0.25) is 0 Å². The third-order valence-electron chi connectivity index (χ3n) is 4.94. The summed E-state index contributed by atoms with van der Waals surface area (Å²) >= 11 is 0. The molecule has 0 saturated heterocycles. The van der Waals surface area contributed by atoms with Crippen molar-refractivity contribution < 1.29 is 0 Å². The molecule has 1 aliphatic rings. The van der Waals surface area contributed by atoms with E-state index in [1.165, 1.54) is 11.1 Å². The lowest BCUT2D eigenvalue weighted by Crippen LogP contribution is -2.49. The van der Waals surface area contributed by atoms with E-state index in [9.17, 15) is 0 Å². The summed E-state index contributed by atoms with van der Waals surface area (Å²) in [6, 6.07) is 9.70. The molecule has 2 unspecified atom stereocenters. The Morgan fingerprint density at radius 1 is 1.17 bits per heavy atom. The van der Waals surface area contributed by atoms with Gasteiger partial charge in [0.05, 0.1) is 0 Å². The van der Waals surface area contributed by atoms with Crippen LogP contribution in [0.25, 0.3) is 0 Å². The summed E-state index contributed by atoms with van der Waals surface area (Å²) in [5, 5.41) is 6.93. The first-order valence-corrected chi connectivity index (χ1v) is 8.79. The van der Waals surface area contributed by atoms with Crippen molar-refractivity contribution in [2.24, 2.45) is 10.9 Å². The third kappa shape index (κ3) is 5.92. The minimum atomic E-state index is 0. The second kappa shape index (κ2) is 10.2. The monoisotopic (exact) mass is 444 g/mol. The van der Waals surface area contributed by atoms with Crippen LogP contribution >= 0.6 is 24.0 Å². The number of rotatable bonds is 5. The van der Waals surface area contributed by atoms with Crippen molar-refractivity contribution in [2.75, 3.05) is 20.1 Å². The molecule has 136 valence electrons. The molecular weight excluding hydrogens is 411 g/mol. The van der Waals surface area contributed by atoms with E-state index in [0.717, 1.165) is 32.0 Å². The number of hydrogen-bond acceptors (Lipinski definition) is 2. The lowest BCUT2D eigenvalue weighted by molar-refractivity contribution is 0.191. The van der Waals surface area contributed by atoms with E-state index < -0.39 is 0 Å². The molecule has 0 amide bonds. The topological polar surface area (TPSA) is 39.7 Å². The highest BCUT2D eigenvalue weighted by molar-refractivity contribution is 14.0. The highest BCUT2D eigenvalue weighted by Crippen LogP contribution is 2.19. The first-order valence-electron chi connectivity index (χ1n) is 8.79. The van der Waals surface area contributed by atoms with E-state index in [1.54, 1.807) is 0 Å². The van der Waals surface area contributed by atoms with Crippen molar-refractivity contribution >= 4 is 29.9 Å². The summed E-state index contributed by atoms with van der Waals surface area (Å²) in [4.78, 5) is 6.89. The number of nitrogens with zero attached hydrogens (tertiary/aromatic N) is 2. The summed E-state index contributed by atoms with van der Waals surface area (Å²) in [6.45, 7) is 12.0. The second-order valence-electron chi connectivity index (χ2n) is 6.97. The predicted octanol–water partition coefficient (Wildman–Crippen LogP) is 3.26. The molecule has 0 spiro atoms. The number of fused-ring (bicyclic) bond motifs is 1. The molecule has 0 saturated carbocycles. The van der Waals surface area contributed by atoms with Gasteiger partial charge in [0.1, 0.15) is 0 Å². The van der Waals surface area contributed by atoms with Gasteiger partial charge in [-0.3, -0.25) is 9.89 Å². The average Bonchev–Trinajstić information content (AvgIpc) is 2.57.